The van der Waals surface area contributed by atoms with Crippen molar-refractivity contribution in [3.63, 3.8) is 0 Å². The first-order chi connectivity index (χ1) is 14.2. The van der Waals surface area contributed by atoms with E-state index in [2.05, 4.69) is 5.32 Å². The molecule has 0 unspecified atom stereocenters. The second kappa shape index (κ2) is 10.3. The van der Waals surface area contributed by atoms with Gasteiger partial charge in [-0.3, -0.25) is 0 Å². The molecule has 0 saturated heterocycles. The van der Waals surface area contributed by atoms with Crippen molar-refractivity contribution < 1.29 is 4.79 Å². The largest absolute Gasteiger partial charge is 0.322 e. The summed E-state index contributed by atoms with van der Waals surface area (Å²) in [6.07, 6.45) is 0. The molecule has 3 nitrogen and oxygen atoms in total. The topological polar surface area (TPSA) is 32.3 Å². The van der Waals surface area contributed by atoms with Crippen molar-refractivity contribution in [2.24, 2.45) is 0 Å². The Bertz CT molecular complexity index is 786. The molecule has 0 spiro atoms. The molecule has 0 fully saturated rings. The Morgan fingerprint density at radius 3 is 1.34 bits per heavy atom. The smallest absolute Gasteiger partial charge is 0.318 e. The molecule has 3 rings (SSSR count). The fraction of sp³-hybridized carbons (Fsp3) is 0.208. The second-order valence-electron chi connectivity index (χ2n) is 6.64. The van der Waals surface area contributed by atoms with Crippen LogP contribution in [0.1, 0.15) is 16.7 Å². The van der Waals surface area contributed by atoms with Crippen molar-refractivity contribution in [2.75, 3.05) is 24.8 Å². The van der Waals surface area contributed by atoms with E-state index >= 15 is 0 Å². The quantitative estimate of drug-likeness (QED) is 0.375. The van der Waals surface area contributed by atoms with Crippen molar-refractivity contribution in [3.8, 4) is 0 Å². The first kappa shape index (κ1) is 21.2. The molecule has 5 heteroatoms. The van der Waals surface area contributed by atoms with E-state index in [-0.39, 0.29) is 6.03 Å². The molecule has 2 amide bonds. The van der Waals surface area contributed by atoms with Gasteiger partial charge in [-0.1, -0.05) is 91.0 Å². The first-order valence-electron chi connectivity index (χ1n) is 9.58. The lowest BCUT2D eigenvalue weighted by molar-refractivity contribution is 0.196. The molecule has 0 heterocycles. The standard InChI is InChI=1S/C24H24Cl2N2O/c25-16-18-28(19-17-26)23(29)27-24(20-10-4-1-5-11-20,21-12-6-2-7-13-21)22-14-8-3-9-15-22/h1-15H,16-19H2,(H,27,29). The van der Waals surface area contributed by atoms with Gasteiger partial charge < -0.3 is 10.2 Å². The van der Waals surface area contributed by atoms with Crippen LogP contribution in [0.2, 0.25) is 0 Å². The van der Waals surface area contributed by atoms with Gasteiger partial charge in [-0.25, -0.2) is 4.79 Å². The maximum absolute atomic E-state index is 13.4. The Morgan fingerprint density at radius 2 is 1.03 bits per heavy atom. The molecule has 0 radical (unpaired) electrons. The second-order valence-corrected chi connectivity index (χ2v) is 7.40. The van der Waals surface area contributed by atoms with Crippen molar-refractivity contribution in [1.29, 1.82) is 0 Å². The SMILES string of the molecule is O=C(NC(c1ccccc1)(c1ccccc1)c1ccccc1)N(CCCl)CCCl. The van der Waals surface area contributed by atoms with Crippen LogP contribution in [0.15, 0.2) is 91.0 Å². The summed E-state index contributed by atoms with van der Waals surface area (Å²) in [7, 11) is 0. The number of hydrogen-bond donors (Lipinski definition) is 1. The van der Waals surface area contributed by atoms with Gasteiger partial charge in [0.2, 0.25) is 0 Å². The van der Waals surface area contributed by atoms with Gasteiger partial charge >= 0.3 is 6.03 Å². The van der Waals surface area contributed by atoms with Gasteiger partial charge in [0, 0.05) is 24.8 Å². The maximum Gasteiger partial charge on any atom is 0.318 e. The molecule has 150 valence electrons. The number of benzene rings is 3. The van der Waals surface area contributed by atoms with Crippen LogP contribution in [0.4, 0.5) is 4.79 Å². The number of urea groups is 1. The fourth-order valence-electron chi connectivity index (χ4n) is 3.54. The normalized spacial score (nSPS) is 11.1. The average molecular weight is 427 g/mol. The van der Waals surface area contributed by atoms with Crippen molar-refractivity contribution in [2.45, 2.75) is 5.54 Å². The third kappa shape index (κ3) is 4.75. The minimum Gasteiger partial charge on any atom is -0.322 e. The lowest BCUT2D eigenvalue weighted by atomic mass is 9.77. The zero-order chi connectivity index (χ0) is 20.5. The summed E-state index contributed by atoms with van der Waals surface area (Å²) in [4.78, 5) is 15.0. The van der Waals surface area contributed by atoms with E-state index in [4.69, 9.17) is 23.2 Å². The molecule has 0 atom stereocenters. The zero-order valence-electron chi connectivity index (χ0n) is 16.1. The van der Waals surface area contributed by atoms with Gasteiger partial charge in [0.1, 0.15) is 5.54 Å². The number of carbonyl (C=O) groups excluding carboxylic acids is 1. The number of amides is 2. The van der Waals surface area contributed by atoms with E-state index < -0.39 is 5.54 Å². The lowest BCUT2D eigenvalue weighted by Gasteiger charge is -2.38. The molecule has 1 N–H and O–H groups in total. The predicted octanol–water partition coefficient (Wildman–Crippen LogP) is 5.47. The van der Waals surface area contributed by atoms with Gasteiger partial charge in [-0.05, 0) is 16.7 Å². The molecular weight excluding hydrogens is 403 g/mol. The van der Waals surface area contributed by atoms with Crippen molar-refractivity contribution in [3.05, 3.63) is 108 Å². The van der Waals surface area contributed by atoms with Crippen LogP contribution in [-0.2, 0) is 5.54 Å². The van der Waals surface area contributed by atoms with Crippen LogP contribution in [-0.4, -0.2) is 35.8 Å². The number of rotatable bonds is 8. The van der Waals surface area contributed by atoms with Crippen LogP contribution in [0.3, 0.4) is 0 Å². The van der Waals surface area contributed by atoms with Crippen molar-refractivity contribution >= 4 is 29.2 Å². The number of nitrogens with one attached hydrogen (secondary N) is 1. The summed E-state index contributed by atoms with van der Waals surface area (Å²) >= 11 is 11.9. The molecule has 0 bridgehead atoms. The van der Waals surface area contributed by atoms with Crippen molar-refractivity contribution in [1.82, 2.24) is 10.2 Å². The molecule has 0 aliphatic rings. The van der Waals surface area contributed by atoms with Gasteiger partial charge in [0.25, 0.3) is 0 Å². The predicted molar refractivity (Wildman–Crippen MR) is 121 cm³/mol. The van der Waals surface area contributed by atoms with Gasteiger partial charge in [-0.2, -0.15) is 0 Å². The number of alkyl halides is 2. The minimum atomic E-state index is -0.849. The molecule has 3 aromatic carbocycles. The van der Waals surface area contributed by atoms with Crippen LogP contribution < -0.4 is 5.32 Å². The zero-order valence-corrected chi connectivity index (χ0v) is 17.6. The summed E-state index contributed by atoms with van der Waals surface area (Å²) in [5, 5.41) is 3.32. The van der Waals surface area contributed by atoms with Gasteiger partial charge in [0.15, 0.2) is 0 Å². The Kier molecular flexibility index (Phi) is 7.56. The van der Waals surface area contributed by atoms with E-state index in [0.717, 1.165) is 16.7 Å². The third-order valence-electron chi connectivity index (χ3n) is 4.91. The number of nitrogens with zero attached hydrogens (tertiary/aromatic N) is 1. The highest BCUT2D eigenvalue weighted by molar-refractivity contribution is 6.18. The summed E-state index contributed by atoms with van der Waals surface area (Å²) in [6.45, 7) is 0.850. The first-order valence-corrected chi connectivity index (χ1v) is 10.6. The Labute approximate surface area is 182 Å². The van der Waals surface area contributed by atoms with Crippen LogP contribution in [0, 0.1) is 0 Å². The highest BCUT2D eigenvalue weighted by Gasteiger charge is 2.38. The van der Waals surface area contributed by atoms with Crippen LogP contribution in [0.25, 0.3) is 0 Å². The van der Waals surface area contributed by atoms with E-state index in [1.807, 2.05) is 91.0 Å². The molecule has 0 aliphatic carbocycles. The van der Waals surface area contributed by atoms with E-state index in [1.165, 1.54) is 0 Å². The van der Waals surface area contributed by atoms with Crippen LogP contribution in [0.5, 0.6) is 0 Å². The van der Waals surface area contributed by atoms with E-state index in [9.17, 15) is 4.79 Å². The molecule has 0 aliphatic heterocycles. The third-order valence-corrected chi connectivity index (χ3v) is 5.25. The molecule has 3 aromatic rings. The van der Waals surface area contributed by atoms with Gasteiger partial charge in [0.05, 0.1) is 0 Å². The molecule has 0 aromatic heterocycles. The highest BCUT2D eigenvalue weighted by atomic mass is 35.5. The fourth-order valence-corrected chi connectivity index (χ4v) is 3.95. The Morgan fingerprint density at radius 1 is 0.690 bits per heavy atom. The molecule has 0 saturated carbocycles. The Balaban J connectivity index is 2.18. The monoisotopic (exact) mass is 426 g/mol. The number of halogens is 2. The highest BCUT2D eigenvalue weighted by Crippen LogP contribution is 2.36. The number of carbonyl (C=O) groups is 1. The average Bonchev–Trinajstić information content (AvgIpc) is 2.79. The van der Waals surface area contributed by atoms with E-state index in [1.54, 1.807) is 4.90 Å². The summed E-state index contributed by atoms with van der Waals surface area (Å²) in [6, 6.07) is 29.8. The summed E-state index contributed by atoms with van der Waals surface area (Å²) in [5.41, 5.74) is 2.07. The molecular formula is C24H24Cl2N2O. The summed E-state index contributed by atoms with van der Waals surface area (Å²) < 4.78 is 0. The number of hydrogen-bond acceptors (Lipinski definition) is 1. The van der Waals surface area contributed by atoms with E-state index in [0.29, 0.717) is 24.8 Å². The van der Waals surface area contributed by atoms with Gasteiger partial charge in [-0.15, -0.1) is 23.2 Å². The Hall–Kier alpha value is -2.49. The van der Waals surface area contributed by atoms with Crippen LogP contribution >= 0.6 is 23.2 Å². The summed E-state index contributed by atoms with van der Waals surface area (Å²) in [5.74, 6) is 0.693. The molecule has 29 heavy (non-hydrogen) atoms. The maximum atomic E-state index is 13.4. The lowest BCUT2D eigenvalue weighted by Crippen LogP contribution is -2.53. The minimum absolute atomic E-state index is 0.206.